The summed E-state index contributed by atoms with van der Waals surface area (Å²) >= 11 is 0. The van der Waals surface area contributed by atoms with E-state index in [0.717, 1.165) is 0 Å². The minimum absolute atomic E-state index is 0.0388. The van der Waals surface area contributed by atoms with Crippen LogP contribution < -0.4 is 10.5 Å². The Balaban J connectivity index is 2.79. The second kappa shape index (κ2) is 6.75. The Kier molecular flexibility index (Phi) is 5.31. The molecule has 100 valence electrons. The van der Waals surface area contributed by atoms with Crippen molar-refractivity contribution >= 4 is 5.84 Å². The largest absolute Gasteiger partial charge is 0.496 e. The van der Waals surface area contributed by atoms with E-state index >= 15 is 0 Å². The van der Waals surface area contributed by atoms with Gasteiger partial charge in [-0.3, -0.25) is 0 Å². The molecule has 3 N–H and O–H groups in total. The van der Waals surface area contributed by atoms with Crippen molar-refractivity contribution < 1.29 is 23.5 Å². The third-order valence-electron chi connectivity index (χ3n) is 2.16. The summed E-state index contributed by atoms with van der Waals surface area (Å²) in [6, 6.07) is 4.77. The van der Waals surface area contributed by atoms with Crippen molar-refractivity contribution in [1.29, 1.82) is 0 Å². The van der Waals surface area contributed by atoms with Gasteiger partial charge in [0.05, 0.1) is 19.3 Å². The van der Waals surface area contributed by atoms with E-state index < -0.39 is 13.0 Å². The molecule has 0 fully saturated rings. The Bertz CT molecular complexity index is 425. The number of benzene rings is 1. The fourth-order valence-corrected chi connectivity index (χ4v) is 1.36. The Morgan fingerprint density at radius 2 is 2.22 bits per heavy atom. The van der Waals surface area contributed by atoms with Crippen LogP contribution in [0.15, 0.2) is 23.4 Å². The molecule has 0 spiro atoms. The first-order valence-electron chi connectivity index (χ1n) is 5.09. The first kappa shape index (κ1) is 14.2. The van der Waals surface area contributed by atoms with E-state index in [1.165, 1.54) is 7.11 Å². The molecular weight excluding hydrogens is 246 g/mol. The lowest BCUT2D eigenvalue weighted by molar-refractivity contribution is 0.00984. The SMILES string of the molecule is COc1cc(COCC(F)F)ccc1/C(N)=N/O. The molecule has 5 nitrogen and oxygen atoms in total. The van der Waals surface area contributed by atoms with Crippen LogP contribution in [0.1, 0.15) is 11.1 Å². The van der Waals surface area contributed by atoms with Crippen LogP contribution in [0.2, 0.25) is 0 Å². The Labute approximate surface area is 103 Å². The topological polar surface area (TPSA) is 77.1 Å². The maximum absolute atomic E-state index is 11.9. The van der Waals surface area contributed by atoms with Gasteiger partial charge in [0.2, 0.25) is 0 Å². The normalized spacial score (nSPS) is 11.9. The summed E-state index contributed by atoms with van der Waals surface area (Å²) in [5, 5.41) is 11.4. The zero-order valence-corrected chi connectivity index (χ0v) is 9.77. The number of ether oxygens (including phenoxy) is 2. The molecule has 18 heavy (non-hydrogen) atoms. The molecule has 1 rings (SSSR count). The fraction of sp³-hybridized carbons (Fsp3) is 0.364. The van der Waals surface area contributed by atoms with Gasteiger partial charge in [0.1, 0.15) is 12.4 Å². The van der Waals surface area contributed by atoms with Gasteiger partial charge < -0.3 is 20.4 Å². The van der Waals surface area contributed by atoms with Crippen LogP contribution in [0.3, 0.4) is 0 Å². The lowest BCUT2D eigenvalue weighted by atomic mass is 10.1. The van der Waals surface area contributed by atoms with Crippen LogP contribution in [0, 0.1) is 0 Å². The van der Waals surface area contributed by atoms with Crippen LogP contribution in [-0.4, -0.2) is 31.2 Å². The van der Waals surface area contributed by atoms with Gasteiger partial charge in [0.15, 0.2) is 5.84 Å². The first-order chi connectivity index (χ1) is 8.58. The molecule has 0 aliphatic rings. The predicted octanol–water partition coefficient (Wildman–Crippen LogP) is 1.57. The van der Waals surface area contributed by atoms with E-state index in [4.69, 9.17) is 20.4 Å². The number of halogens is 2. The van der Waals surface area contributed by atoms with Crippen molar-refractivity contribution in [2.24, 2.45) is 10.9 Å². The highest BCUT2D eigenvalue weighted by atomic mass is 19.3. The summed E-state index contributed by atoms with van der Waals surface area (Å²) in [6.07, 6.45) is -2.50. The van der Waals surface area contributed by atoms with E-state index in [0.29, 0.717) is 16.9 Å². The van der Waals surface area contributed by atoms with Gasteiger partial charge in [-0.1, -0.05) is 11.2 Å². The van der Waals surface area contributed by atoms with Crippen LogP contribution in [0.5, 0.6) is 5.75 Å². The maximum atomic E-state index is 11.9. The maximum Gasteiger partial charge on any atom is 0.261 e. The highest BCUT2D eigenvalue weighted by Crippen LogP contribution is 2.20. The smallest absolute Gasteiger partial charge is 0.261 e. The van der Waals surface area contributed by atoms with Crippen molar-refractivity contribution in [3.8, 4) is 5.75 Å². The van der Waals surface area contributed by atoms with Crippen LogP contribution >= 0.6 is 0 Å². The van der Waals surface area contributed by atoms with Gasteiger partial charge in [-0.2, -0.15) is 0 Å². The molecule has 0 saturated carbocycles. The third kappa shape index (κ3) is 3.85. The summed E-state index contributed by atoms with van der Waals surface area (Å²) in [6.45, 7) is -0.582. The standard InChI is InChI=1S/C11H14F2N2O3/c1-17-9-4-7(5-18-6-10(12)13)2-3-8(9)11(14)15-16/h2-4,10,16H,5-6H2,1H3,(H2,14,15). The number of nitrogens with two attached hydrogens (primary N) is 1. The number of rotatable bonds is 6. The van der Waals surface area contributed by atoms with Crippen molar-refractivity contribution in [2.75, 3.05) is 13.7 Å². The average molecular weight is 260 g/mol. The zero-order chi connectivity index (χ0) is 13.5. The number of nitrogens with zero attached hydrogens (tertiary/aromatic N) is 1. The van der Waals surface area contributed by atoms with Gasteiger partial charge in [-0.15, -0.1) is 0 Å². The van der Waals surface area contributed by atoms with Gasteiger partial charge in [-0.05, 0) is 17.7 Å². The van der Waals surface area contributed by atoms with E-state index in [1.807, 2.05) is 0 Å². The van der Waals surface area contributed by atoms with Crippen LogP contribution in [0.4, 0.5) is 8.78 Å². The molecule has 7 heteroatoms. The molecule has 0 radical (unpaired) electrons. The molecule has 0 atom stereocenters. The Morgan fingerprint density at radius 3 is 2.78 bits per heavy atom. The molecule has 0 aliphatic carbocycles. The number of methoxy groups -OCH3 is 1. The lowest BCUT2D eigenvalue weighted by Crippen LogP contribution is -2.14. The average Bonchev–Trinajstić information content (AvgIpc) is 2.37. The van der Waals surface area contributed by atoms with Gasteiger partial charge in [0, 0.05) is 0 Å². The highest BCUT2D eigenvalue weighted by molar-refractivity contribution is 5.99. The van der Waals surface area contributed by atoms with Crippen LogP contribution in [-0.2, 0) is 11.3 Å². The number of oxime groups is 1. The van der Waals surface area contributed by atoms with Crippen molar-refractivity contribution in [3.63, 3.8) is 0 Å². The molecule has 1 aromatic carbocycles. The summed E-state index contributed by atoms with van der Waals surface area (Å²) in [5.74, 6) is 0.287. The Morgan fingerprint density at radius 1 is 1.50 bits per heavy atom. The number of hydrogen-bond acceptors (Lipinski definition) is 4. The fourth-order valence-electron chi connectivity index (χ4n) is 1.36. The van der Waals surface area contributed by atoms with E-state index in [-0.39, 0.29) is 12.4 Å². The molecule has 0 aliphatic heterocycles. The molecule has 0 amide bonds. The molecular formula is C11H14F2N2O3. The summed E-state index contributed by atoms with van der Waals surface area (Å²) < 4.78 is 33.6. The minimum Gasteiger partial charge on any atom is -0.496 e. The number of amidine groups is 1. The predicted molar refractivity (Wildman–Crippen MR) is 61.2 cm³/mol. The van der Waals surface area contributed by atoms with E-state index in [1.54, 1.807) is 18.2 Å². The van der Waals surface area contributed by atoms with Gasteiger partial charge in [-0.25, -0.2) is 8.78 Å². The molecule has 0 aromatic heterocycles. The Hall–Kier alpha value is -1.89. The molecule has 0 heterocycles. The third-order valence-corrected chi connectivity index (χ3v) is 2.16. The monoisotopic (exact) mass is 260 g/mol. The summed E-state index contributed by atoms with van der Waals surface area (Å²) in [7, 11) is 1.42. The van der Waals surface area contributed by atoms with E-state index in [9.17, 15) is 8.78 Å². The zero-order valence-electron chi connectivity index (χ0n) is 9.77. The summed E-state index contributed by atoms with van der Waals surface area (Å²) in [5.41, 5.74) is 6.52. The quantitative estimate of drug-likeness (QED) is 0.352. The lowest BCUT2D eigenvalue weighted by Gasteiger charge is -2.10. The second-order valence-electron chi connectivity index (χ2n) is 3.43. The van der Waals surface area contributed by atoms with Crippen molar-refractivity contribution in [2.45, 2.75) is 13.0 Å². The van der Waals surface area contributed by atoms with Crippen molar-refractivity contribution in [3.05, 3.63) is 29.3 Å². The van der Waals surface area contributed by atoms with Gasteiger partial charge >= 0.3 is 0 Å². The van der Waals surface area contributed by atoms with Crippen LogP contribution in [0.25, 0.3) is 0 Å². The second-order valence-corrected chi connectivity index (χ2v) is 3.43. The molecule has 0 saturated heterocycles. The summed E-state index contributed by atoms with van der Waals surface area (Å²) in [4.78, 5) is 0. The number of alkyl halides is 2. The molecule has 0 bridgehead atoms. The van der Waals surface area contributed by atoms with Crippen molar-refractivity contribution in [1.82, 2.24) is 0 Å². The van der Waals surface area contributed by atoms with Gasteiger partial charge in [0.25, 0.3) is 6.43 Å². The first-order valence-corrected chi connectivity index (χ1v) is 5.09. The number of hydrogen-bond donors (Lipinski definition) is 2. The molecule has 0 unspecified atom stereocenters. The molecule has 1 aromatic rings. The highest BCUT2D eigenvalue weighted by Gasteiger charge is 2.09. The minimum atomic E-state index is -2.50. The van der Waals surface area contributed by atoms with E-state index in [2.05, 4.69) is 5.16 Å².